The van der Waals surface area contributed by atoms with Gasteiger partial charge in [-0.15, -0.1) is 11.3 Å². The summed E-state index contributed by atoms with van der Waals surface area (Å²) in [4.78, 5) is 13.1. The molecule has 27 heavy (non-hydrogen) atoms. The summed E-state index contributed by atoms with van der Waals surface area (Å²) >= 11 is 1.41. The standard InChI is InChI=1S/C22H23NO3S/c1-14-9-15(2)16(3)20(10-14)26-12-17-11-21(27-13-17)22(24)23-18-5-7-19(25-4)8-6-18/h5-11,13H,12H2,1-4H3,(H,23,24). The fourth-order valence-electron chi connectivity index (χ4n) is 2.75. The van der Waals surface area contributed by atoms with Gasteiger partial charge in [-0.05, 0) is 79.2 Å². The van der Waals surface area contributed by atoms with Crippen molar-refractivity contribution in [1.82, 2.24) is 0 Å². The van der Waals surface area contributed by atoms with Gasteiger partial charge in [-0.3, -0.25) is 4.79 Å². The maximum Gasteiger partial charge on any atom is 0.265 e. The van der Waals surface area contributed by atoms with E-state index in [9.17, 15) is 4.79 Å². The molecule has 0 bridgehead atoms. The van der Waals surface area contributed by atoms with Gasteiger partial charge >= 0.3 is 0 Å². The first-order chi connectivity index (χ1) is 13.0. The van der Waals surface area contributed by atoms with E-state index in [0.29, 0.717) is 11.5 Å². The molecule has 1 heterocycles. The third-order valence-corrected chi connectivity index (χ3v) is 5.36. The van der Waals surface area contributed by atoms with Gasteiger partial charge in [-0.25, -0.2) is 0 Å². The van der Waals surface area contributed by atoms with E-state index in [1.165, 1.54) is 22.5 Å². The van der Waals surface area contributed by atoms with Gasteiger partial charge in [0.2, 0.25) is 0 Å². The van der Waals surface area contributed by atoms with E-state index in [2.05, 4.69) is 32.2 Å². The van der Waals surface area contributed by atoms with E-state index in [1.807, 2.05) is 41.8 Å². The van der Waals surface area contributed by atoms with Crippen molar-refractivity contribution >= 4 is 22.9 Å². The predicted octanol–water partition coefficient (Wildman–Crippen LogP) is 5.51. The largest absolute Gasteiger partial charge is 0.497 e. The van der Waals surface area contributed by atoms with Crippen LogP contribution in [0, 0.1) is 20.8 Å². The number of carbonyl (C=O) groups is 1. The number of nitrogens with one attached hydrogen (secondary N) is 1. The molecule has 3 rings (SSSR count). The zero-order valence-electron chi connectivity index (χ0n) is 16.0. The van der Waals surface area contributed by atoms with Gasteiger partial charge in [-0.1, -0.05) is 6.07 Å². The molecule has 2 aromatic carbocycles. The molecule has 3 aromatic rings. The molecule has 0 saturated heterocycles. The lowest BCUT2D eigenvalue weighted by Crippen LogP contribution is -2.10. The van der Waals surface area contributed by atoms with Crippen molar-refractivity contribution in [2.45, 2.75) is 27.4 Å². The van der Waals surface area contributed by atoms with Gasteiger partial charge in [0.1, 0.15) is 18.1 Å². The van der Waals surface area contributed by atoms with Gasteiger partial charge < -0.3 is 14.8 Å². The second-order valence-corrected chi connectivity index (χ2v) is 7.41. The monoisotopic (exact) mass is 381 g/mol. The number of rotatable bonds is 6. The van der Waals surface area contributed by atoms with Crippen LogP contribution in [-0.2, 0) is 6.61 Å². The highest BCUT2D eigenvalue weighted by Gasteiger charge is 2.11. The highest BCUT2D eigenvalue weighted by atomic mass is 32.1. The highest BCUT2D eigenvalue weighted by molar-refractivity contribution is 7.12. The summed E-state index contributed by atoms with van der Waals surface area (Å²) in [6.45, 7) is 6.65. The number of anilines is 1. The lowest BCUT2D eigenvalue weighted by molar-refractivity contribution is 0.103. The average molecular weight is 381 g/mol. The molecule has 4 nitrogen and oxygen atoms in total. The smallest absolute Gasteiger partial charge is 0.265 e. The van der Waals surface area contributed by atoms with Crippen molar-refractivity contribution in [3.63, 3.8) is 0 Å². The Bertz CT molecular complexity index is 945. The number of methoxy groups -OCH3 is 1. The first-order valence-electron chi connectivity index (χ1n) is 8.69. The van der Waals surface area contributed by atoms with Gasteiger partial charge in [0.15, 0.2) is 0 Å². The van der Waals surface area contributed by atoms with E-state index < -0.39 is 0 Å². The maximum absolute atomic E-state index is 12.4. The Hall–Kier alpha value is -2.79. The topological polar surface area (TPSA) is 47.6 Å². The Morgan fingerprint density at radius 2 is 1.81 bits per heavy atom. The number of carbonyl (C=O) groups excluding carboxylic acids is 1. The molecular weight excluding hydrogens is 358 g/mol. The summed E-state index contributed by atoms with van der Waals surface area (Å²) in [5.41, 5.74) is 5.26. The predicted molar refractivity (Wildman–Crippen MR) is 110 cm³/mol. The molecule has 0 atom stereocenters. The normalized spacial score (nSPS) is 10.5. The molecule has 0 spiro atoms. The van der Waals surface area contributed by atoms with Crippen LogP contribution in [0.4, 0.5) is 5.69 Å². The lowest BCUT2D eigenvalue weighted by Gasteiger charge is -2.11. The Balaban J connectivity index is 1.63. The van der Waals surface area contributed by atoms with E-state index in [-0.39, 0.29) is 5.91 Å². The molecule has 1 aromatic heterocycles. The lowest BCUT2D eigenvalue weighted by atomic mass is 10.1. The minimum atomic E-state index is -0.126. The number of hydrogen-bond donors (Lipinski definition) is 1. The molecule has 0 saturated carbocycles. The Kier molecular flexibility index (Phi) is 5.81. The van der Waals surface area contributed by atoms with Crippen LogP contribution in [0.3, 0.4) is 0 Å². The van der Waals surface area contributed by atoms with Gasteiger partial charge in [0.25, 0.3) is 5.91 Å². The summed E-state index contributed by atoms with van der Waals surface area (Å²) in [6.07, 6.45) is 0. The zero-order chi connectivity index (χ0) is 19.4. The SMILES string of the molecule is COc1ccc(NC(=O)c2cc(COc3cc(C)cc(C)c3C)cs2)cc1. The average Bonchev–Trinajstić information content (AvgIpc) is 3.13. The van der Waals surface area contributed by atoms with Crippen LogP contribution in [0.1, 0.15) is 31.9 Å². The van der Waals surface area contributed by atoms with Crippen molar-refractivity contribution in [2.75, 3.05) is 12.4 Å². The molecule has 1 amide bonds. The van der Waals surface area contributed by atoms with Crippen LogP contribution >= 0.6 is 11.3 Å². The number of ether oxygens (including phenoxy) is 2. The molecule has 140 valence electrons. The van der Waals surface area contributed by atoms with Crippen molar-refractivity contribution in [3.05, 3.63) is 75.0 Å². The summed E-state index contributed by atoms with van der Waals surface area (Å²) in [6, 6.07) is 13.3. The Morgan fingerprint density at radius 1 is 1.07 bits per heavy atom. The molecule has 0 aliphatic heterocycles. The van der Waals surface area contributed by atoms with E-state index >= 15 is 0 Å². The second kappa shape index (κ2) is 8.27. The van der Waals surface area contributed by atoms with Crippen molar-refractivity contribution in [1.29, 1.82) is 0 Å². The molecule has 5 heteroatoms. The Morgan fingerprint density at radius 3 is 2.52 bits per heavy atom. The molecule has 0 aliphatic rings. The third kappa shape index (κ3) is 4.68. The van der Waals surface area contributed by atoms with E-state index in [4.69, 9.17) is 9.47 Å². The van der Waals surface area contributed by atoms with Crippen LogP contribution in [0.25, 0.3) is 0 Å². The number of aryl methyl sites for hydroxylation is 2. The van der Waals surface area contributed by atoms with Crippen molar-refractivity contribution < 1.29 is 14.3 Å². The van der Waals surface area contributed by atoms with Crippen molar-refractivity contribution in [3.8, 4) is 11.5 Å². The molecule has 0 radical (unpaired) electrons. The van der Waals surface area contributed by atoms with Crippen molar-refractivity contribution in [2.24, 2.45) is 0 Å². The molecular formula is C22H23NO3S. The van der Waals surface area contributed by atoms with Gasteiger partial charge in [0.05, 0.1) is 12.0 Å². The first-order valence-corrected chi connectivity index (χ1v) is 9.57. The van der Waals surface area contributed by atoms with Crippen LogP contribution in [0.2, 0.25) is 0 Å². The van der Waals surface area contributed by atoms with Gasteiger partial charge in [-0.2, -0.15) is 0 Å². The van der Waals surface area contributed by atoms with Crippen LogP contribution in [0.5, 0.6) is 11.5 Å². The first kappa shape index (κ1) is 19.0. The fraction of sp³-hybridized carbons (Fsp3) is 0.227. The third-order valence-electron chi connectivity index (χ3n) is 4.38. The molecule has 1 N–H and O–H groups in total. The molecule has 0 fully saturated rings. The molecule has 0 unspecified atom stereocenters. The van der Waals surface area contributed by atoms with E-state index in [0.717, 1.165) is 28.3 Å². The van der Waals surface area contributed by atoms with Crippen LogP contribution < -0.4 is 14.8 Å². The fourth-order valence-corrected chi connectivity index (χ4v) is 3.54. The highest BCUT2D eigenvalue weighted by Crippen LogP contribution is 2.25. The number of thiophene rings is 1. The van der Waals surface area contributed by atoms with Crippen LogP contribution in [-0.4, -0.2) is 13.0 Å². The minimum absolute atomic E-state index is 0.126. The Labute approximate surface area is 163 Å². The maximum atomic E-state index is 12.4. The molecule has 0 aliphatic carbocycles. The number of benzene rings is 2. The summed E-state index contributed by atoms with van der Waals surface area (Å²) < 4.78 is 11.1. The summed E-state index contributed by atoms with van der Waals surface area (Å²) in [5, 5.41) is 4.86. The number of amides is 1. The second-order valence-electron chi connectivity index (χ2n) is 6.50. The van der Waals surface area contributed by atoms with E-state index in [1.54, 1.807) is 7.11 Å². The number of hydrogen-bond acceptors (Lipinski definition) is 4. The zero-order valence-corrected chi connectivity index (χ0v) is 16.8. The minimum Gasteiger partial charge on any atom is -0.497 e. The summed E-state index contributed by atoms with van der Waals surface area (Å²) in [5.74, 6) is 1.52. The quantitative estimate of drug-likeness (QED) is 0.612. The summed E-state index contributed by atoms with van der Waals surface area (Å²) in [7, 11) is 1.61. The van der Waals surface area contributed by atoms with Crippen LogP contribution in [0.15, 0.2) is 47.8 Å². The van der Waals surface area contributed by atoms with Gasteiger partial charge in [0, 0.05) is 11.3 Å².